The SMILES string of the molecule is O=C(O)c1ccc2nc(-c3cscn3)[nH]c2c1. The van der Waals surface area contributed by atoms with Crippen molar-refractivity contribution in [2.45, 2.75) is 0 Å². The number of aromatic amines is 1. The molecular weight excluding hydrogens is 238 g/mol. The first kappa shape index (κ1) is 9.98. The fraction of sp³-hybridized carbons (Fsp3) is 0. The predicted molar refractivity (Wildman–Crippen MR) is 64.2 cm³/mol. The first-order chi connectivity index (χ1) is 8.24. The molecule has 0 atom stereocenters. The molecular formula is C11H7N3O2S. The summed E-state index contributed by atoms with van der Waals surface area (Å²) in [6.07, 6.45) is 0. The number of H-pyrrole nitrogens is 1. The topological polar surface area (TPSA) is 78.9 Å². The monoisotopic (exact) mass is 245 g/mol. The summed E-state index contributed by atoms with van der Waals surface area (Å²) in [5, 5.41) is 10.8. The van der Waals surface area contributed by atoms with E-state index in [9.17, 15) is 4.79 Å². The van der Waals surface area contributed by atoms with Crippen molar-refractivity contribution in [1.82, 2.24) is 15.0 Å². The molecule has 0 saturated heterocycles. The van der Waals surface area contributed by atoms with Crippen LogP contribution >= 0.6 is 11.3 Å². The normalized spacial score (nSPS) is 10.8. The highest BCUT2D eigenvalue weighted by molar-refractivity contribution is 7.07. The van der Waals surface area contributed by atoms with Crippen LogP contribution in [0.25, 0.3) is 22.6 Å². The number of thiazole rings is 1. The Morgan fingerprint density at radius 3 is 3.00 bits per heavy atom. The number of hydrogen-bond donors (Lipinski definition) is 2. The number of fused-ring (bicyclic) bond motifs is 1. The number of nitrogens with zero attached hydrogens (tertiary/aromatic N) is 2. The van der Waals surface area contributed by atoms with Crippen molar-refractivity contribution < 1.29 is 9.90 Å². The number of imidazole rings is 1. The summed E-state index contributed by atoms with van der Waals surface area (Å²) in [6.45, 7) is 0. The molecule has 0 amide bonds. The van der Waals surface area contributed by atoms with Crippen LogP contribution in [0.2, 0.25) is 0 Å². The van der Waals surface area contributed by atoms with Crippen molar-refractivity contribution in [3.05, 3.63) is 34.7 Å². The second kappa shape index (κ2) is 3.67. The van der Waals surface area contributed by atoms with Gasteiger partial charge in [-0.2, -0.15) is 0 Å². The lowest BCUT2D eigenvalue weighted by Crippen LogP contribution is -1.94. The van der Waals surface area contributed by atoms with Crippen molar-refractivity contribution in [3.8, 4) is 11.5 Å². The van der Waals surface area contributed by atoms with Gasteiger partial charge in [0.1, 0.15) is 5.69 Å². The van der Waals surface area contributed by atoms with Gasteiger partial charge in [-0.15, -0.1) is 11.3 Å². The second-order valence-corrected chi connectivity index (χ2v) is 4.21. The third-order valence-electron chi connectivity index (χ3n) is 2.40. The van der Waals surface area contributed by atoms with E-state index in [2.05, 4.69) is 15.0 Å². The lowest BCUT2D eigenvalue weighted by atomic mass is 10.2. The van der Waals surface area contributed by atoms with E-state index in [4.69, 9.17) is 5.11 Å². The molecule has 84 valence electrons. The Hall–Kier alpha value is -2.21. The number of rotatable bonds is 2. The first-order valence-corrected chi connectivity index (χ1v) is 5.80. The van der Waals surface area contributed by atoms with Crippen LogP contribution in [0.1, 0.15) is 10.4 Å². The van der Waals surface area contributed by atoms with Crippen LogP contribution in [0.15, 0.2) is 29.1 Å². The van der Waals surface area contributed by atoms with Gasteiger partial charge in [0, 0.05) is 5.38 Å². The lowest BCUT2D eigenvalue weighted by molar-refractivity contribution is 0.0697. The van der Waals surface area contributed by atoms with E-state index < -0.39 is 5.97 Å². The third-order valence-corrected chi connectivity index (χ3v) is 2.99. The number of carboxylic acid groups (broad SMARTS) is 1. The molecule has 0 radical (unpaired) electrons. The van der Waals surface area contributed by atoms with E-state index in [1.165, 1.54) is 17.4 Å². The summed E-state index contributed by atoms with van der Waals surface area (Å²) < 4.78 is 0. The molecule has 17 heavy (non-hydrogen) atoms. The zero-order valence-electron chi connectivity index (χ0n) is 8.54. The number of benzene rings is 1. The van der Waals surface area contributed by atoms with E-state index in [0.29, 0.717) is 11.3 Å². The Bertz CT molecular complexity index is 688. The van der Waals surface area contributed by atoms with Crippen LogP contribution in [0.5, 0.6) is 0 Å². The van der Waals surface area contributed by atoms with Crippen LogP contribution in [0, 0.1) is 0 Å². The fourth-order valence-electron chi connectivity index (χ4n) is 1.59. The Morgan fingerprint density at radius 1 is 1.41 bits per heavy atom. The molecule has 0 aliphatic carbocycles. The van der Waals surface area contributed by atoms with E-state index >= 15 is 0 Å². The zero-order valence-corrected chi connectivity index (χ0v) is 9.36. The van der Waals surface area contributed by atoms with Crippen LogP contribution in [0.3, 0.4) is 0 Å². The smallest absolute Gasteiger partial charge is 0.335 e. The number of hydrogen-bond acceptors (Lipinski definition) is 4. The summed E-state index contributed by atoms with van der Waals surface area (Å²) in [5.41, 5.74) is 4.17. The van der Waals surface area contributed by atoms with E-state index in [1.54, 1.807) is 17.6 Å². The van der Waals surface area contributed by atoms with Gasteiger partial charge in [-0.1, -0.05) is 0 Å². The van der Waals surface area contributed by atoms with Crippen molar-refractivity contribution >= 4 is 28.3 Å². The minimum atomic E-state index is -0.947. The zero-order chi connectivity index (χ0) is 11.8. The predicted octanol–water partition coefficient (Wildman–Crippen LogP) is 2.38. The number of aromatic carboxylic acids is 1. The van der Waals surface area contributed by atoms with Gasteiger partial charge in [0.25, 0.3) is 0 Å². The highest BCUT2D eigenvalue weighted by Gasteiger charge is 2.09. The summed E-state index contributed by atoms with van der Waals surface area (Å²) >= 11 is 1.49. The quantitative estimate of drug-likeness (QED) is 0.726. The van der Waals surface area contributed by atoms with Gasteiger partial charge in [-0.3, -0.25) is 0 Å². The molecule has 2 heterocycles. The number of carbonyl (C=O) groups is 1. The van der Waals surface area contributed by atoms with Gasteiger partial charge in [-0.25, -0.2) is 14.8 Å². The maximum Gasteiger partial charge on any atom is 0.335 e. The molecule has 0 aliphatic heterocycles. The highest BCUT2D eigenvalue weighted by atomic mass is 32.1. The largest absolute Gasteiger partial charge is 0.478 e. The lowest BCUT2D eigenvalue weighted by Gasteiger charge is -1.92. The van der Waals surface area contributed by atoms with Crippen molar-refractivity contribution in [3.63, 3.8) is 0 Å². The third kappa shape index (κ3) is 1.68. The first-order valence-electron chi connectivity index (χ1n) is 4.85. The van der Waals surface area contributed by atoms with Gasteiger partial charge in [0.2, 0.25) is 0 Å². The fourth-order valence-corrected chi connectivity index (χ4v) is 2.13. The molecule has 0 spiro atoms. The molecule has 3 rings (SSSR count). The molecule has 5 nitrogen and oxygen atoms in total. The van der Waals surface area contributed by atoms with E-state index in [-0.39, 0.29) is 5.56 Å². The molecule has 0 aliphatic rings. The maximum atomic E-state index is 10.8. The van der Waals surface area contributed by atoms with E-state index in [1.807, 2.05) is 5.38 Å². The molecule has 1 aromatic carbocycles. The Balaban J connectivity index is 2.16. The average Bonchev–Trinajstić information content (AvgIpc) is 2.96. The van der Waals surface area contributed by atoms with E-state index in [0.717, 1.165) is 11.2 Å². The number of aromatic nitrogens is 3. The van der Waals surface area contributed by atoms with Gasteiger partial charge in [-0.05, 0) is 18.2 Å². The Morgan fingerprint density at radius 2 is 2.29 bits per heavy atom. The van der Waals surface area contributed by atoms with Crippen molar-refractivity contribution in [2.75, 3.05) is 0 Å². The second-order valence-electron chi connectivity index (χ2n) is 3.50. The van der Waals surface area contributed by atoms with Crippen LogP contribution in [-0.2, 0) is 0 Å². The molecule has 0 bridgehead atoms. The standard InChI is InChI=1S/C11H7N3O2S/c15-11(16)6-1-2-7-8(3-6)14-10(13-7)9-4-17-5-12-9/h1-5H,(H,13,14)(H,15,16). The van der Waals surface area contributed by atoms with Gasteiger partial charge >= 0.3 is 5.97 Å². The highest BCUT2D eigenvalue weighted by Crippen LogP contribution is 2.21. The Labute approximate surface area is 99.8 Å². The minimum absolute atomic E-state index is 0.242. The molecule has 0 unspecified atom stereocenters. The summed E-state index contributed by atoms with van der Waals surface area (Å²) in [5.74, 6) is -0.291. The molecule has 0 fully saturated rings. The van der Waals surface area contributed by atoms with Gasteiger partial charge < -0.3 is 10.1 Å². The summed E-state index contributed by atoms with van der Waals surface area (Å²) in [7, 11) is 0. The summed E-state index contributed by atoms with van der Waals surface area (Å²) in [6, 6.07) is 4.79. The Kier molecular flexibility index (Phi) is 2.15. The average molecular weight is 245 g/mol. The van der Waals surface area contributed by atoms with Crippen molar-refractivity contribution in [1.29, 1.82) is 0 Å². The van der Waals surface area contributed by atoms with Crippen molar-refractivity contribution in [2.24, 2.45) is 0 Å². The summed E-state index contributed by atoms with van der Waals surface area (Å²) in [4.78, 5) is 22.4. The maximum absolute atomic E-state index is 10.8. The molecule has 2 aromatic heterocycles. The minimum Gasteiger partial charge on any atom is -0.478 e. The van der Waals surface area contributed by atoms with Crippen LogP contribution < -0.4 is 0 Å². The molecule has 2 N–H and O–H groups in total. The van der Waals surface area contributed by atoms with Crippen LogP contribution in [-0.4, -0.2) is 26.0 Å². The van der Waals surface area contributed by atoms with Gasteiger partial charge in [0.05, 0.1) is 22.1 Å². The van der Waals surface area contributed by atoms with Gasteiger partial charge in [0.15, 0.2) is 5.82 Å². The van der Waals surface area contributed by atoms with Crippen LogP contribution in [0.4, 0.5) is 0 Å². The molecule has 0 saturated carbocycles. The molecule has 3 aromatic rings. The molecule has 6 heteroatoms. The number of carboxylic acids is 1. The number of nitrogens with one attached hydrogen (secondary N) is 1.